The maximum atomic E-state index is 11.8. The summed E-state index contributed by atoms with van der Waals surface area (Å²) in [5, 5.41) is 6.03. The molecule has 0 aliphatic carbocycles. The van der Waals surface area contributed by atoms with Crippen LogP contribution < -0.4 is 10.6 Å². The number of hydrogen-bond donors (Lipinski definition) is 2. The van der Waals surface area contributed by atoms with Crippen LogP contribution in [0.5, 0.6) is 0 Å². The lowest BCUT2D eigenvalue weighted by molar-refractivity contribution is -0.132. The number of amides is 2. The number of piperazine rings is 1. The molecule has 6 heteroatoms. The maximum Gasteiger partial charge on any atom is 0.222 e. The van der Waals surface area contributed by atoms with Gasteiger partial charge in [0.2, 0.25) is 11.8 Å². The van der Waals surface area contributed by atoms with Crippen molar-refractivity contribution in [2.24, 2.45) is 0 Å². The smallest absolute Gasteiger partial charge is 0.222 e. The SMILES string of the molecule is CC(C)NC(=O)CCCC(=O)N1CCNCC1.Cl. The van der Waals surface area contributed by atoms with Gasteiger partial charge in [-0.3, -0.25) is 9.59 Å². The lowest BCUT2D eigenvalue weighted by atomic mass is 10.2. The Hall–Kier alpha value is -0.810. The fourth-order valence-electron chi connectivity index (χ4n) is 1.87. The van der Waals surface area contributed by atoms with Crippen LogP contribution in [0.15, 0.2) is 0 Å². The number of carbonyl (C=O) groups excluding carboxylic acids is 2. The van der Waals surface area contributed by atoms with Gasteiger partial charge in [-0.05, 0) is 20.3 Å². The average Bonchev–Trinajstić information content (AvgIpc) is 2.29. The van der Waals surface area contributed by atoms with Crippen LogP contribution in [0.25, 0.3) is 0 Å². The molecule has 1 aliphatic rings. The molecule has 2 amide bonds. The van der Waals surface area contributed by atoms with Gasteiger partial charge < -0.3 is 15.5 Å². The van der Waals surface area contributed by atoms with E-state index in [1.807, 2.05) is 18.7 Å². The molecule has 5 nitrogen and oxygen atoms in total. The molecule has 0 spiro atoms. The van der Waals surface area contributed by atoms with Crippen molar-refractivity contribution in [1.29, 1.82) is 0 Å². The summed E-state index contributed by atoms with van der Waals surface area (Å²) in [7, 11) is 0. The molecule has 0 aromatic heterocycles. The molecule has 1 fully saturated rings. The van der Waals surface area contributed by atoms with E-state index in [-0.39, 0.29) is 30.3 Å². The van der Waals surface area contributed by atoms with E-state index in [0.717, 1.165) is 26.2 Å². The van der Waals surface area contributed by atoms with Crippen LogP contribution in [0.3, 0.4) is 0 Å². The van der Waals surface area contributed by atoms with E-state index in [2.05, 4.69) is 10.6 Å². The number of rotatable bonds is 5. The van der Waals surface area contributed by atoms with Crippen LogP contribution in [0.2, 0.25) is 0 Å². The Labute approximate surface area is 115 Å². The third-order valence-electron chi connectivity index (χ3n) is 2.71. The van der Waals surface area contributed by atoms with Gasteiger partial charge in [-0.25, -0.2) is 0 Å². The van der Waals surface area contributed by atoms with Crippen molar-refractivity contribution in [3.05, 3.63) is 0 Å². The molecule has 0 saturated carbocycles. The maximum absolute atomic E-state index is 11.8. The Balaban J connectivity index is 0.00000289. The van der Waals surface area contributed by atoms with Gasteiger partial charge in [0.05, 0.1) is 0 Å². The van der Waals surface area contributed by atoms with Gasteiger partial charge in [0.1, 0.15) is 0 Å². The largest absolute Gasteiger partial charge is 0.354 e. The zero-order valence-corrected chi connectivity index (χ0v) is 12.0. The second kappa shape index (κ2) is 9.16. The van der Waals surface area contributed by atoms with Crippen LogP contribution in [-0.4, -0.2) is 48.9 Å². The van der Waals surface area contributed by atoms with Crippen LogP contribution >= 0.6 is 12.4 Å². The molecule has 0 aromatic carbocycles. The minimum atomic E-state index is 0. The van der Waals surface area contributed by atoms with Gasteiger partial charge in [-0.2, -0.15) is 0 Å². The lowest BCUT2D eigenvalue weighted by Crippen LogP contribution is -2.46. The normalized spacial score (nSPS) is 15.2. The highest BCUT2D eigenvalue weighted by atomic mass is 35.5. The van der Waals surface area contributed by atoms with Crippen LogP contribution in [-0.2, 0) is 9.59 Å². The highest BCUT2D eigenvalue weighted by Gasteiger charge is 2.15. The fraction of sp³-hybridized carbons (Fsp3) is 0.833. The van der Waals surface area contributed by atoms with Crippen LogP contribution in [0.4, 0.5) is 0 Å². The number of nitrogens with zero attached hydrogens (tertiary/aromatic N) is 1. The van der Waals surface area contributed by atoms with Crippen molar-refractivity contribution < 1.29 is 9.59 Å². The molecule has 106 valence electrons. The van der Waals surface area contributed by atoms with Crippen molar-refractivity contribution in [3.63, 3.8) is 0 Å². The van der Waals surface area contributed by atoms with Crippen molar-refractivity contribution in [2.45, 2.75) is 39.2 Å². The molecule has 0 unspecified atom stereocenters. The van der Waals surface area contributed by atoms with Gasteiger partial charge in [-0.15, -0.1) is 12.4 Å². The fourth-order valence-corrected chi connectivity index (χ4v) is 1.87. The molecule has 1 aliphatic heterocycles. The first-order valence-electron chi connectivity index (χ1n) is 6.37. The highest BCUT2D eigenvalue weighted by molar-refractivity contribution is 5.85. The van der Waals surface area contributed by atoms with Gasteiger partial charge in [0, 0.05) is 45.1 Å². The summed E-state index contributed by atoms with van der Waals surface area (Å²) in [6.07, 6.45) is 1.56. The molecule has 0 radical (unpaired) electrons. The van der Waals surface area contributed by atoms with E-state index in [0.29, 0.717) is 19.3 Å². The monoisotopic (exact) mass is 277 g/mol. The number of hydrogen-bond acceptors (Lipinski definition) is 3. The van der Waals surface area contributed by atoms with E-state index < -0.39 is 0 Å². The van der Waals surface area contributed by atoms with Gasteiger partial charge in [-0.1, -0.05) is 0 Å². The summed E-state index contributed by atoms with van der Waals surface area (Å²) in [5.41, 5.74) is 0. The van der Waals surface area contributed by atoms with Crippen molar-refractivity contribution in [3.8, 4) is 0 Å². The second-order valence-corrected chi connectivity index (χ2v) is 4.71. The van der Waals surface area contributed by atoms with Gasteiger partial charge >= 0.3 is 0 Å². The zero-order chi connectivity index (χ0) is 12.7. The summed E-state index contributed by atoms with van der Waals surface area (Å²) in [4.78, 5) is 25.0. The molecule has 1 rings (SSSR count). The Morgan fingerprint density at radius 2 is 1.83 bits per heavy atom. The number of nitrogens with one attached hydrogen (secondary N) is 2. The van der Waals surface area contributed by atoms with E-state index in [1.165, 1.54) is 0 Å². The summed E-state index contributed by atoms with van der Waals surface area (Å²) in [5.74, 6) is 0.206. The molecule has 2 N–H and O–H groups in total. The first-order valence-corrected chi connectivity index (χ1v) is 6.37. The first kappa shape index (κ1) is 17.2. The second-order valence-electron chi connectivity index (χ2n) is 4.71. The van der Waals surface area contributed by atoms with Crippen molar-refractivity contribution >= 4 is 24.2 Å². The van der Waals surface area contributed by atoms with Gasteiger partial charge in [0.15, 0.2) is 0 Å². The Bertz CT molecular complexity index is 266. The van der Waals surface area contributed by atoms with Crippen molar-refractivity contribution in [2.75, 3.05) is 26.2 Å². The minimum absolute atomic E-state index is 0. The zero-order valence-electron chi connectivity index (χ0n) is 11.2. The van der Waals surface area contributed by atoms with E-state index in [9.17, 15) is 9.59 Å². The van der Waals surface area contributed by atoms with E-state index >= 15 is 0 Å². The average molecular weight is 278 g/mol. The molecule has 0 atom stereocenters. The first-order chi connectivity index (χ1) is 8.09. The standard InChI is InChI=1S/C12H23N3O2.ClH/c1-10(2)14-11(16)4-3-5-12(17)15-8-6-13-7-9-15;/h10,13H,3-9H2,1-2H3,(H,14,16);1H. The number of carbonyl (C=O) groups is 2. The third-order valence-corrected chi connectivity index (χ3v) is 2.71. The summed E-state index contributed by atoms with van der Waals surface area (Å²) < 4.78 is 0. The van der Waals surface area contributed by atoms with Crippen molar-refractivity contribution in [1.82, 2.24) is 15.5 Å². The third kappa shape index (κ3) is 6.81. The molecule has 0 aromatic rings. The molecular formula is C12H24ClN3O2. The summed E-state index contributed by atoms with van der Waals surface area (Å²) >= 11 is 0. The van der Waals surface area contributed by atoms with Gasteiger partial charge in [0.25, 0.3) is 0 Å². The quantitative estimate of drug-likeness (QED) is 0.771. The lowest BCUT2D eigenvalue weighted by Gasteiger charge is -2.27. The Morgan fingerprint density at radius 1 is 1.22 bits per heavy atom. The summed E-state index contributed by atoms with van der Waals surface area (Å²) in [6, 6.07) is 0.173. The van der Waals surface area contributed by atoms with E-state index in [1.54, 1.807) is 0 Å². The number of halogens is 1. The molecular weight excluding hydrogens is 254 g/mol. The predicted octanol–water partition coefficient (Wildman–Crippen LogP) is 0.535. The Morgan fingerprint density at radius 3 is 2.39 bits per heavy atom. The topological polar surface area (TPSA) is 61.4 Å². The highest BCUT2D eigenvalue weighted by Crippen LogP contribution is 2.02. The summed E-state index contributed by atoms with van der Waals surface area (Å²) in [6.45, 7) is 7.20. The Kier molecular flexibility index (Phi) is 8.75. The van der Waals surface area contributed by atoms with Crippen LogP contribution in [0.1, 0.15) is 33.1 Å². The molecule has 0 bridgehead atoms. The molecule has 1 saturated heterocycles. The predicted molar refractivity (Wildman–Crippen MR) is 73.8 cm³/mol. The molecule has 18 heavy (non-hydrogen) atoms. The van der Waals surface area contributed by atoms with E-state index in [4.69, 9.17) is 0 Å². The molecule has 1 heterocycles. The van der Waals surface area contributed by atoms with Crippen LogP contribution in [0, 0.1) is 0 Å². The minimum Gasteiger partial charge on any atom is -0.354 e.